The Morgan fingerprint density at radius 1 is 1.52 bits per heavy atom. The fourth-order valence-electron chi connectivity index (χ4n) is 3.39. The molecule has 0 aromatic heterocycles. The normalized spacial score (nSPS) is 30.5. The molecule has 21 heavy (non-hydrogen) atoms. The van der Waals surface area contributed by atoms with E-state index in [1.165, 1.54) is 12.2 Å². The van der Waals surface area contributed by atoms with Crippen LogP contribution >= 0.6 is 27.7 Å². The number of methoxy groups -OCH3 is 1. The van der Waals surface area contributed by atoms with Crippen molar-refractivity contribution in [3.8, 4) is 5.75 Å². The van der Waals surface area contributed by atoms with E-state index in [1.807, 2.05) is 23.9 Å². The van der Waals surface area contributed by atoms with Crippen LogP contribution in [0.15, 0.2) is 22.7 Å². The standard InChI is InChI=1S/C16H22BrNO2S/c1-19-12-2-3-14(17)13(8-12)15(18)11-4-6-20-16(9-11)5-7-21-10-16/h2-3,8,11,15H,4-7,9-10,18H2,1H3. The van der Waals surface area contributed by atoms with Crippen LogP contribution < -0.4 is 10.5 Å². The fourth-order valence-corrected chi connectivity index (χ4v) is 5.28. The highest BCUT2D eigenvalue weighted by molar-refractivity contribution is 9.10. The lowest BCUT2D eigenvalue weighted by Gasteiger charge is -2.40. The Hall–Kier alpha value is -0.230. The predicted octanol–water partition coefficient (Wildman–Crippen LogP) is 3.76. The van der Waals surface area contributed by atoms with Gasteiger partial charge in [-0.3, -0.25) is 0 Å². The van der Waals surface area contributed by atoms with Crippen molar-refractivity contribution in [3.05, 3.63) is 28.2 Å². The van der Waals surface area contributed by atoms with Crippen LogP contribution in [-0.2, 0) is 4.74 Å². The summed E-state index contributed by atoms with van der Waals surface area (Å²) >= 11 is 5.63. The first-order valence-electron chi connectivity index (χ1n) is 7.44. The second-order valence-corrected chi connectivity index (χ2v) is 7.96. The average Bonchev–Trinajstić information content (AvgIpc) is 2.95. The minimum atomic E-state index is 0.0286. The van der Waals surface area contributed by atoms with Gasteiger partial charge in [-0.2, -0.15) is 11.8 Å². The molecule has 0 bridgehead atoms. The molecule has 2 heterocycles. The van der Waals surface area contributed by atoms with Gasteiger partial charge in [0.05, 0.1) is 12.7 Å². The third-order valence-electron chi connectivity index (χ3n) is 4.67. The fraction of sp³-hybridized carbons (Fsp3) is 0.625. The van der Waals surface area contributed by atoms with Crippen molar-refractivity contribution in [1.29, 1.82) is 0 Å². The van der Waals surface area contributed by atoms with Crippen molar-refractivity contribution in [3.63, 3.8) is 0 Å². The van der Waals surface area contributed by atoms with Crippen molar-refractivity contribution in [2.24, 2.45) is 11.7 Å². The second kappa shape index (κ2) is 6.49. The number of nitrogens with two attached hydrogens (primary N) is 1. The minimum absolute atomic E-state index is 0.0286. The molecule has 2 N–H and O–H groups in total. The summed E-state index contributed by atoms with van der Waals surface area (Å²) < 4.78 is 12.5. The van der Waals surface area contributed by atoms with Gasteiger partial charge in [0.1, 0.15) is 5.75 Å². The molecule has 2 fully saturated rings. The van der Waals surface area contributed by atoms with E-state index in [0.29, 0.717) is 5.92 Å². The van der Waals surface area contributed by atoms with Gasteiger partial charge in [0.2, 0.25) is 0 Å². The number of hydrogen-bond donors (Lipinski definition) is 1. The molecule has 3 nitrogen and oxygen atoms in total. The molecule has 0 amide bonds. The number of halogens is 1. The quantitative estimate of drug-likeness (QED) is 0.878. The first-order chi connectivity index (χ1) is 10.1. The Labute approximate surface area is 139 Å². The van der Waals surface area contributed by atoms with E-state index in [9.17, 15) is 0 Å². The number of ether oxygens (including phenoxy) is 2. The maximum Gasteiger partial charge on any atom is 0.119 e. The van der Waals surface area contributed by atoms with Crippen LogP contribution in [0, 0.1) is 5.92 Å². The summed E-state index contributed by atoms with van der Waals surface area (Å²) in [6, 6.07) is 6.06. The summed E-state index contributed by atoms with van der Waals surface area (Å²) in [6.45, 7) is 0.834. The monoisotopic (exact) mass is 371 g/mol. The summed E-state index contributed by atoms with van der Waals surface area (Å²) in [6.07, 6.45) is 3.28. The Bertz CT molecular complexity index is 505. The molecule has 2 saturated heterocycles. The van der Waals surface area contributed by atoms with Crippen molar-refractivity contribution >= 4 is 27.7 Å². The minimum Gasteiger partial charge on any atom is -0.497 e. The van der Waals surface area contributed by atoms with E-state index < -0.39 is 0 Å². The molecule has 2 aliphatic rings. The predicted molar refractivity (Wildman–Crippen MR) is 91.0 cm³/mol. The molecule has 116 valence electrons. The Morgan fingerprint density at radius 3 is 3.10 bits per heavy atom. The summed E-state index contributed by atoms with van der Waals surface area (Å²) in [5, 5.41) is 0. The molecule has 3 atom stereocenters. The van der Waals surface area contributed by atoms with Gasteiger partial charge in [-0.05, 0) is 54.7 Å². The van der Waals surface area contributed by atoms with Gasteiger partial charge >= 0.3 is 0 Å². The van der Waals surface area contributed by atoms with Crippen LogP contribution in [0.25, 0.3) is 0 Å². The lowest BCUT2D eigenvalue weighted by atomic mass is 9.79. The first kappa shape index (κ1) is 15.7. The van der Waals surface area contributed by atoms with Gasteiger partial charge in [0.15, 0.2) is 0 Å². The molecule has 1 spiro atoms. The number of thioether (sulfide) groups is 1. The van der Waals surface area contributed by atoms with E-state index in [4.69, 9.17) is 15.2 Å². The second-order valence-electron chi connectivity index (χ2n) is 6.00. The van der Waals surface area contributed by atoms with Crippen LogP contribution in [0.4, 0.5) is 0 Å². The van der Waals surface area contributed by atoms with E-state index in [1.54, 1.807) is 7.11 Å². The lowest BCUT2D eigenvalue weighted by Crippen LogP contribution is -2.42. The van der Waals surface area contributed by atoms with Gasteiger partial charge in [-0.15, -0.1) is 0 Å². The van der Waals surface area contributed by atoms with Gasteiger partial charge < -0.3 is 15.2 Å². The Kier molecular flexibility index (Phi) is 4.84. The highest BCUT2D eigenvalue weighted by Gasteiger charge is 2.42. The SMILES string of the molecule is COc1ccc(Br)c(C(N)C2CCOC3(CCSC3)C2)c1. The molecule has 0 saturated carbocycles. The van der Waals surface area contributed by atoms with E-state index in [-0.39, 0.29) is 11.6 Å². The molecular formula is C16H22BrNO2S. The highest BCUT2D eigenvalue weighted by atomic mass is 79.9. The zero-order valence-corrected chi connectivity index (χ0v) is 14.7. The molecule has 1 aromatic carbocycles. The molecule has 1 aromatic rings. The topological polar surface area (TPSA) is 44.5 Å². The molecule has 0 aliphatic carbocycles. The van der Waals surface area contributed by atoms with Crippen molar-refractivity contribution < 1.29 is 9.47 Å². The first-order valence-corrected chi connectivity index (χ1v) is 9.39. The van der Waals surface area contributed by atoms with Crippen LogP contribution in [0.3, 0.4) is 0 Å². The average molecular weight is 372 g/mol. The van der Waals surface area contributed by atoms with Crippen LogP contribution in [-0.4, -0.2) is 30.8 Å². The van der Waals surface area contributed by atoms with Crippen molar-refractivity contribution in [1.82, 2.24) is 0 Å². The Balaban J connectivity index is 1.79. The van der Waals surface area contributed by atoms with Gasteiger partial charge in [0.25, 0.3) is 0 Å². The van der Waals surface area contributed by atoms with Crippen molar-refractivity contribution in [2.75, 3.05) is 25.2 Å². The van der Waals surface area contributed by atoms with Crippen LogP contribution in [0.2, 0.25) is 0 Å². The maximum atomic E-state index is 6.60. The molecule has 3 unspecified atom stereocenters. The number of hydrogen-bond acceptors (Lipinski definition) is 4. The van der Waals surface area contributed by atoms with E-state index in [0.717, 1.165) is 41.0 Å². The zero-order valence-electron chi connectivity index (χ0n) is 12.3. The maximum absolute atomic E-state index is 6.60. The Morgan fingerprint density at radius 2 is 2.38 bits per heavy atom. The van der Waals surface area contributed by atoms with Crippen molar-refractivity contribution in [2.45, 2.75) is 30.9 Å². The van der Waals surface area contributed by atoms with Gasteiger partial charge in [-0.1, -0.05) is 15.9 Å². The van der Waals surface area contributed by atoms with Gasteiger partial charge in [-0.25, -0.2) is 0 Å². The highest BCUT2D eigenvalue weighted by Crippen LogP contribution is 2.44. The van der Waals surface area contributed by atoms with Crippen LogP contribution in [0.1, 0.15) is 30.9 Å². The zero-order chi connectivity index (χ0) is 14.9. The van der Waals surface area contributed by atoms with Crippen LogP contribution in [0.5, 0.6) is 5.75 Å². The lowest BCUT2D eigenvalue weighted by molar-refractivity contribution is -0.0834. The molecule has 5 heteroatoms. The smallest absolute Gasteiger partial charge is 0.119 e. The molecule has 2 aliphatic heterocycles. The summed E-state index contributed by atoms with van der Waals surface area (Å²) in [4.78, 5) is 0. The summed E-state index contributed by atoms with van der Waals surface area (Å²) in [7, 11) is 1.69. The van der Waals surface area contributed by atoms with Gasteiger partial charge in [0, 0.05) is 22.9 Å². The molecular weight excluding hydrogens is 350 g/mol. The third kappa shape index (κ3) is 3.26. The summed E-state index contributed by atoms with van der Waals surface area (Å²) in [5.74, 6) is 3.67. The number of benzene rings is 1. The number of rotatable bonds is 3. The van der Waals surface area contributed by atoms with E-state index >= 15 is 0 Å². The third-order valence-corrected chi connectivity index (χ3v) is 6.61. The largest absolute Gasteiger partial charge is 0.497 e. The molecule has 0 radical (unpaired) electrons. The summed E-state index contributed by atoms with van der Waals surface area (Å²) in [5.41, 5.74) is 7.82. The molecule has 3 rings (SSSR count). The van der Waals surface area contributed by atoms with E-state index in [2.05, 4.69) is 22.0 Å².